The van der Waals surface area contributed by atoms with Crippen LogP contribution >= 0.6 is 0 Å². The quantitative estimate of drug-likeness (QED) is 0.0349. The molecule has 56 heavy (non-hydrogen) atoms. The first-order valence-electron chi connectivity index (χ1n) is 24.9. The zero-order valence-corrected chi connectivity index (χ0v) is 37.9. The maximum atomic E-state index is 12.7. The highest BCUT2D eigenvalue weighted by Gasteiger charge is 2.17. The Labute approximate surface area is 349 Å². The van der Waals surface area contributed by atoms with Gasteiger partial charge in [-0.2, -0.15) is 0 Å². The summed E-state index contributed by atoms with van der Waals surface area (Å²) in [6.07, 6.45) is 54.6. The average Bonchev–Trinajstić information content (AvgIpc) is 3.20. The first-order valence-corrected chi connectivity index (χ1v) is 24.9. The van der Waals surface area contributed by atoms with Crippen molar-refractivity contribution < 1.29 is 23.8 Å². The molecule has 0 aliphatic carbocycles. The van der Waals surface area contributed by atoms with Crippen LogP contribution in [0.1, 0.15) is 265 Å². The molecule has 0 aromatic heterocycles. The molecule has 0 aliphatic rings. The van der Waals surface area contributed by atoms with Gasteiger partial charge >= 0.3 is 11.9 Å². The lowest BCUT2D eigenvalue weighted by Gasteiger charge is -2.18. The number of hydrogen-bond acceptors (Lipinski definition) is 5. The van der Waals surface area contributed by atoms with Crippen molar-refractivity contribution in [2.45, 2.75) is 271 Å². The van der Waals surface area contributed by atoms with Crippen LogP contribution in [0.4, 0.5) is 0 Å². The van der Waals surface area contributed by atoms with E-state index in [2.05, 4.69) is 45.1 Å². The minimum atomic E-state index is -0.536. The molecule has 0 aliphatic heterocycles. The highest BCUT2D eigenvalue weighted by molar-refractivity contribution is 5.70. The van der Waals surface area contributed by atoms with Gasteiger partial charge in [-0.25, -0.2) is 0 Å². The second-order valence-corrected chi connectivity index (χ2v) is 16.7. The SMILES string of the molecule is CCCC/C=C\CCCCCCCCOCC(COC(=O)CCCCCCCCCCCCCCCCC)OC(=O)CCCCCCC/C=C\CCCCCC. The third kappa shape index (κ3) is 45.1. The largest absolute Gasteiger partial charge is 0.462 e. The van der Waals surface area contributed by atoms with Gasteiger partial charge in [0, 0.05) is 19.4 Å². The highest BCUT2D eigenvalue weighted by Crippen LogP contribution is 2.15. The Morgan fingerprint density at radius 2 is 0.714 bits per heavy atom. The summed E-state index contributed by atoms with van der Waals surface area (Å²) in [6, 6.07) is 0. The number of allylic oxidation sites excluding steroid dienone is 4. The van der Waals surface area contributed by atoms with Gasteiger partial charge in [-0.15, -0.1) is 0 Å². The predicted octanol–water partition coefficient (Wildman–Crippen LogP) is 16.5. The number of rotatable bonds is 46. The standard InChI is InChI=1S/C51H96O5/c1-4-7-10-13-16-19-22-25-26-28-29-32-35-38-41-44-50(52)55-48-49(47-54-46-43-40-37-34-31-24-21-18-15-12-9-6-3)56-51(53)45-42-39-36-33-30-27-23-20-17-14-11-8-5-2/h15,18,20,23,49H,4-14,16-17,19,21-22,24-48H2,1-3H3/b18-15-,23-20-. The van der Waals surface area contributed by atoms with Crippen LogP contribution in [0.5, 0.6) is 0 Å². The van der Waals surface area contributed by atoms with E-state index >= 15 is 0 Å². The van der Waals surface area contributed by atoms with E-state index in [9.17, 15) is 9.59 Å². The number of carbonyl (C=O) groups is 2. The second kappa shape index (κ2) is 47.8. The molecule has 0 aromatic rings. The number of hydrogen-bond donors (Lipinski definition) is 0. The first kappa shape index (κ1) is 54.4. The van der Waals surface area contributed by atoms with E-state index in [1.165, 1.54) is 180 Å². The normalized spacial score (nSPS) is 12.3. The van der Waals surface area contributed by atoms with Gasteiger partial charge in [-0.3, -0.25) is 9.59 Å². The van der Waals surface area contributed by atoms with Crippen molar-refractivity contribution in [3.05, 3.63) is 24.3 Å². The molecule has 1 atom stereocenters. The van der Waals surface area contributed by atoms with Crippen LogP contribution in [-0.2, 0) is 23.8 Å². The molecule has 5 nitrogen and oxygen atoms in total. The molecule has 0 saturated heterocycles. The number of carbonyl (C=O) groups excluding carboxylic acids is 2. The van der Waals surface area contributed by atoms with Crippen LogP contribution in [-0.4, -0.2) is 37.9 Å². The van der Waals surface area contributed by atoms with Crippen molar-refractivity contribution in [3.63, 3.8) is 0 Å². The summed E-state index contributed by atoms with van der Waals surface area (Å²) in [7, 11) is 0. The van der Waals surface area contributed by atoms with Crippen molar-refractivity contribution in [3.8, 4) is 0 Å². The third-order valence-electron chi connectivity index (χ3n) is 11.0. The van der Waals surface area contributed by atoms with E-state index in [0.29, 0.717) is 19.4 Å². The van der Waals surface area contributed by atoms with E-state index in [4.69, 9.17) is 14.2 Å². The monoisotopic (exact) mass is 789 g/mol. The van der Waals surface area contributed by atoms with Gasteiger partial charge in [0.2, 0.25) is 0 Å². The van der Waals surface area contributed by atoms with Crippen molar-refractivity contribution in [1.82, 2.24) is 0 Å². The molecule has 0 rings (SSSR count). The minimum absolute atomic E-state index is 0.0856. The van der Waals surface area contributed by atoms with Crippen LogP contribution in [0.25, 0.3) is 0 Å². The van der Waals surface area contributed by atoms with Gasteiger partial charge in [0.1, 0.15) is 6.61 Å². The molecule has 0 bridgehead atoms. The average molecular weight is 789 g/mol. The van der Waals surface area contributed by atoms with E-state index in [0.717, 1.165) is 51.4 Å². The molecule has 0 fully saturated rings. The number of unbranched alkanes of at least 4 members (excludes halogenated alkanes) is 31. The van der Waals surface area contributed by atoms with Crippen LogP contribution in [0.3, 0.4) is 0 Å². The molecule has 330 valence electrons. The van der Waals surface area contributed by atoms with E-state index in [1.54, 1.807) is 0 Å². The molecule has 0 amide bonds. The highest BCUT2D eigenvalue weighted by atomic mass is 16.6. The summed E-state index contributed by atoms with van der Waals surface area (Å²) in [6.45, 7) is 7.80. The van der Waals surface area contributed by atoms with Gasteiger partial charge < -0.3 is 14.2 Å². The first-order chi connectivity index (χ1) is 27.6. The van der Waals surface area contributed by atoms with Crippen LogP contribution in [0.2, 0.25) is 0 Å². The molecule has 0 N–H and O–H groups in total. The third-order valence-corrected chi connectivity index (χ3v) is 11.0. The molecule has 0 heterocycles. The number of ether oxygens (including phenoxy) is 3. The molecule has 0 aromatic carbocycles. The Balaban J connectivity index is 4.23. The summed E-state index contributed by atoms with van der Waals surface area (Å²) >= 11 is 0. The minimum Gasteiger partial charge on any atom is -0.462 e. The van der Waals surface area contributed by atoms with Gasteiger partial charge in [-0.05, 0) is 64.2 Å². The Morgan fingerprint density at radius 1 is 0.375 bits per heavy atom. The molecule has 0 saturated carbocycles. The fourth-order valence-electron chi connectivity index (χ4n) is 7.19. The van der Waals surface area contributed by atoms with Crippen molar-refractivity contribution >= 4 is 11.9 Å². The summed E-state index contributed by atoms with van der Waals surface area (Å²) in [5.41, 5.74) is 0. The topological polar surface area (TPSA) is 61.8 Å². The lowest BCUT2D eigenvalue weighted by Crippen LogP contribution is -2.30. The van der Waals surface area contributed by atoms with Crippen LogP contribution in [0.15, 0.2) is 24.3 Å². The Hall–Kier alpha value is -1.62. The van der Waals surface area contributed by atoms with Gasteiger partial charge in [-0.1, -0.05) is 212 Å². The van der Waals surface area contributed by atoms with Crippen molar-refractivity contribution in [2.24, 2.45) is 0 Å². The molecular weight excluding hydrogens is 693 g/mol. The van der Waals surface area contributed by atoms with E-state index in [1.807, 2.05) is 0 Å². The van der Waals surface area contributed by atoms with Gasteiger partial charge in [0.25, 0.3) is 0 Å². The maximum absolute atomic E-state index is 12.7. The summed E-state index contributed by atoms with van der Waals surface area (Å²) in [4.78, 5) is 25.3. The second-order valence-electron chi connectivity index (χ2n) is 16.7. The van der Waals surface area contributed by atoms with Crippen molar-refractivity contribution in [1.29, 1.82) is 0 Å². The molecular formula is C51H96O5. The molecule has 0 spiro atoms. The van der Waals surface area contributed by atoms with Gasteiger partial charge in [0.15, 0.2) is 6.10 Å². The fourth-order valence-corrected chi connectivity index (χ4v) is 7.19. The van der Waals surface area contributed by atoms with Crippen LogP contribution < -0.4 is 0 Å². The van der Waals surface area contributed by atoms with Crippen LogP contribution in [0, 0.1) is 0 Å². The smallest absolute Gasteiger partial charge is 0.306 e. The summed E-state index contributed by atoms with van der Waals surface area (Å²) in [5.74, 6) is -0.396. The van der Waals surface area contributed by atoms with Gasteiger partial charge in [0.05, 0.1) is 6.61 Å². The molecule has 1 unspecified atom stereocenters. The Bertz CT molecular complexity index is 851. The van der Waals surface area contributed by atoms with E-state index < -0.39 is 6.10 Å². The lowest BCUT2D eigenvalue weighted by molar-refractivity contribution is -0.163. The zero-order valence-electron chi connectivity index (χ0n) is 37.9. The van der Waals surface area contributed by atoms with Crippen molar-refractivity contribution in [2.75, 3.05) is 19.8 Å². The Kier molecular flexibility index (Phi) is 46.4. The molecule has 0 radical (unpaired) electrons. The summed E-state index contributed by atoms with van der Waals surface area (Å²) in [5, 5.41) is 0. The number of esters is 2. The predicted molar refractivity (Wildman–Crippen MR) is 242 cm³/mol. The zero-order chi connectivity index (χ0) is 40.7. The lowest BCUT2D eigenvalue weighted by atomic mass is 10.0. The fraction of sp³-hybridized carbons (Fsp3) is 0.882. The van der Waals surface area contributed by atoms with E-state index in [-0.39, 0.29) is 25.2 Å². The summed E-state index contributed by atoms with van der Waals surface area (Å²) < 4.78 is 17.4. The molecule has 5 heteroatoms. The maximum Gasteiger partial charge on any atom is 0.306 e. The Morgan fingerprint density at radius 3 is 1.16 bits per heavy atom.